The molecule has 0 fully saturated rings. The molecule has 0 bridgehead atoms. The Labute approximate surface area is 293 Å². The molecule has 0 aromatic heterocycles. The molecular weight excluding hydrogens is 693 g/mol. The van der Waals surface area contributed by atoms with E-state index in [1.54, 1.807) is 18.2 Å². The SMILES string of the molecule is CN(C)c1ccc(/C=C/c2ccc(/C=C/c3ccc(C4=C5C=C(Cl)C(O)C=C5Oc5cc(OCl)c(Cl)cc54)c(S(=O)(=O)O)c3)cc2)cc1. The van der Waals surface area contributed by atoms with Gasteiger partial charge in [-0.25, -0.2) is 0 Å². The summed E-state index contributed by atoms with van der Waals surface area (Å²) in [6.07, 6.45) is 9.43. The number of anilines is 1. The zero-order chi connectivity index (χ0) is 34.2. The number of benzene rings is 4. The molecule has 7 nitrogen and oxygen atoms in total. The molecule has 1 aliphatic carbocycles. The lowest BCUT2D eigenvalue weighted by Gasteiger charge is -2.29. The lowest BCUT2D eigenvalue weighted by Crippen LogP contribution is -2.18. The minimum Gasteiger partial charge on any atom is -0.456 e. The maximum absolute atomic E-state index is 12.8. The minimum atomic E-state index is -4.74. The van der Waals surface area contributed by atoms with Crippen molar-refractivity contribution < 1.29 is 27.1 Å². The third kappa shape index (κ3) is 7.10. The molecule has 0 radical (unpaired) electrons. The average molecular weight is 721 g/mol. The first-order valence-electron chi connectivity index (χ1n) is 14.6. The third-order valence-electron chi connectivity index (χ3n) is 7.85. The molecule has 1 heterocycles. The molecule has 0 saturated carbocycles. The quantitative estimate of drug-likeness (QED) is 0.139. The van der Waals surface area contributed by atoms with Crippen LogP contribution in [0.1, 0.15) is 33.4 Å². The van der Waals surface area contributed by atoms with Crippen molar-refractivity contribution in [3.05, 3.63) is 146 Å². The van der Waals surface area contributed by atoms with E-state index >= 15 is 0 Å². The van der Waals surface area contributed by atoms with Gasteiger partial charge in [-0.15, -0.1) is 0 Å². The number of nitrogens with zero attached hydrogens (tertiary/aromatic N) is 1. The number of fused-ring (bicyclic) bond motifs is 2. The number of allylic oxidation sites excluding steroid dienone is 1. The van der Waals surface area contributed by atoms with E-state index in [4.69, 9.17) is 44.1 Å². The molecular formula is C37H28Cl3NO6S. The highest BCUT2D eigenvalue weighted by Gasteiger charge is 2.32. The van der Waals surface area contributed by atoms with Crippen LogP contribution in [0.2, 0.25) is 5.02 Å². The van der Waals surface area contributed by atoms with Crippen molar-refractivity contribution >= 4 is 80.8 Å². The van der Waals surface area contributed by atoms with Gasteiger partial charge < -0.3 is 19.0 Å². The van der Waals surface area contributed by atoms with Crippen LogP contribution in [0.5, 0.6) is 11.5 Å². The van der Waals surface area contributed by atoms with E-state index < -0.39 is 16.2 Å². The van der Waals surface area contributed by atoms with Crippen LogP contribution >= 0.6 is 35.1 Å². The number of aliphatic hydroxyl groups excluding tert-OH is 1. The van der Waals surface area contributed by atoms with Gasteiger partial charge in [0.1, 0.15) is 34.4 Å². The Bertz CT molecular complexity index is 2170. The smallest absolute Gasteiger partial charge is 0.295 e. The van der Waals surface area contributed by atoms with Crippen molar-refractivity contribution in [3.63, 3.8) is 0 Å². The van der Waals surface area contributed by atoms with E-state index in [0.29, 0.717) is 22.3 Å². The summed E-state index contributed by atoms with van der Waals surface area (Å²) in [7, 11) is -0.729. The highest BCUT2D eigenvalue weighted by atomic mass is 35.5. The maximum atomic E-state index is 12.8. The third-order valence-corrected chi connectivity index (χ3v) is 9.54. The van der Waals surface area contributed by atoms with Gasteiger partial charge in [0.15, 0.2) is 5.75 Å². The van der Waals surface area contributed by atoms with Crippen LogP contribution in [0.25, 0.3) is 29.9 Å². The second-order valence-electron chi connectivity index (χ2n) is 11.3. The predicted octanol–water partition coefficient (Wildman–Crippen LogP) is 9.10. The Morgan fingerprint density at radius 1 is 0.812 bits per heavy atom. The van der Waals surface area contributed by atoms with E-state index in [-0.39, 0.29) is 37.8 Å². The standard InChI is InChI=1S/C37H28Cl3NO6S/c1-41(2)26-14-11-24(12-15-26)8-7-22-3-5-23(6-4-22)9-10-25-13-16-27(36(17-25)48(43,44)45)37-28-18-30(38)32(42)20-33(28)46-34-21-35(47-40)31(39)19-29(34)37/h3-21,32,42H,1-2H3,(H,43,44,45)/b8-7+,10-9+. The van der Waals surface area contributed by atoms with Gasteiger partial charge in [-0.2, -0.15) is 8.42 Å². The number of rotatable bonds is 8. The van der Waals surface area contributed by atoms with Crippen molar-refractivity contribution in [2.45, 2.75) is 11.0 Å². The first kappa shape index (κ1) is 33.6. The Hall–Kier alpha value is -4.28. The molecule has 1 atom stereocenters. The summed E-state index contributed by atoms with van der Waals surface area (Å²) >= 11 is 18.3. The summed E-state index contributed by atoms with van der Waals surface area (Å²) in [6.45, 7) is 0. The molecule has 2 aliphatic rings. The van der Waals surface area contributed by atoms with Crippen molar-refractivity contribution in [3.8, 4) is 11.5 Å². The van der Waals surface area contributed by atoms with Gasteiger partial charge in [-0.05, 0) is 58.7 Å². The summed E-state index contributed by atoms with van der Waals surface area (Å²) in [5.41, 5.74) is 5.98. The van der Waals surface area contributed by atoms with Crippen LogP contribution in [0.15, 0.2) is 112 Å². The van der Waals surface area contributed by atoms with Crippen molar-refractivity contribution in [1.29, 1.82) is 0 Å². The van der Waals surface area contributed by atoms with Gasteiger partial charge >= 0.3 is 0 Å². The van der Waals surface area contributed by atoms with Gasteiger partial charge in [-0.3, -0.25) is 4.55 Å². The molecule has 0 saturated heterocycles. The Morgan fingerprint density at radius 3 is 1.94 bits per heavy atom. The first-order chi connectivity index (χ1) is 22.9. The first-order valence-corrected chi connectivity index (χ1v) is 17.1. The number of ether oxygens (including phenoxy) is 1. The Morgan fingerprint density at radius 2 is 1.38 bits per heavy atom. The predicted molar refractivity (Wildman–Crippen MR) is 194 cm³/mol. The van der Waals surface area contributed by atoms with Gasteiger partial charge in [0.25, 0.3) is 10.1 Å². The zero-order valence-corrected chi connectivity index (χ0v) is 28.6. The van der Waals surface area contributed by atoms with Gasteiger partial charge in [0.2, 0.25) is 0 Å². The molecule has 244 valence electrons. The molecule has 48 heavy (non-hydrogen) atoms. The molecule has 0 spiro atoms. The van der Waals surface area contributed by atoms with Crippen LogP contribution in [0.4, 0.5) is 5.69 Å². The summed E-state index contributed by atoms with van der Waals surface area (Å²) in [6, 6.07) is 23.8. The van der Waals surface area contributed by atoms with Crippen molar-refractivity contribution in [2.75, 3.05) is 19.0 Å². The van der Waals surface area contributed by atoms with E-state index in [1.165, 1.54) is 30.4 Å². The number of hydrogen-bond donors (Lipinski definition) is 2. The van der Waals surface area contributed by atoms with Gasteiger partial charge in [0, 0.05) is 48.1 Å². The van der Waals surface area contributed by atoms with Crippen molar-refractivity contribution in [2.24, 2.45) is 0 Å². The van der Waals surface area contributed by atoms with Gasteiger partial charge in [-0.1, -0.05) is 96.0 Å². The Kier molecular flexibility index (Phi) is 9.58. The maximum Gasteiger partial charge on any atom is 0.295 e. The minimum absolute atomic E-state index is 0.0956. The van der Waals surface area contributed by atoms with E-state index in [9.17, 15) is 18.1 Å². The lowest BCUT2D eigenvalue weighted by molar-refractivity contribution is 0.258. The second-order valence-corrected chi connectivity index (χ2v) is 13.7. The lowest BCUT2D eigenvalue weighted by atomic mass is 9.87. The van der Waals surface area contributed by atoms with Crippen LogP contribution < -0.4 is 13.9 Å². The molecule has 4 aromatic carbocycles. The summed E-state index contributed by atoms with van der Waals surface area (Å²) < 4.78 is 46.9. The van der Waals surface area contributed by atoms with Gasteiger partial charge in [0.05, 0.1) is 10.1 Å². The van der Waals surface area contributed by atoms with Crippen LogP contribution in [0, 0.1) is 0 Å². The molecule has 4 aromatic rings. The molecule has 1 aliphatic heterocycles. The molecule has 0 amide bonds. The Balaban J connectivity index is 1.33. The number of hydrogen-bond acceptors (Lipinski definition) is 6. The number of aliphatic hydroxyl groups is 1. The van der Waals surface area contributed by atoms with Crippen LogP contribution in [-0.2, 0) is 10.1 Å². The van der Waals surface area contributed by atoms with Crippen molar-refractivity contribution in [1.82, 2.24) is 0 Å². The molecule has 6 rings (SSSR count). The summed E-state index contributed by atoms with van der Waals surface area (Å²) in [5.74, 6) is 0.576. The fourth-order valence-electron chi connectivity index (χ4n) is 5.37. The molecule has 1 unspecified atom stereocenters. The van der Waals surface area contributed by atoms with Crippen LogP contribution in [0.3, 0.4) is 0 Å². The van der Waals surface area contributed by atoms with Crippen LogP contribution in [-0.4, -0.2) is 38.3 Å². The van der Waals surface area contributed by atoms with E-state index in [2.05, 4.69) is 29.2 Å². The van der Waals surface area contributed by atoms with E-state index in [1.807, 2.05) is 56.6 Å². The fourth-order valence-corrected chi connectivity index (χ4v) is 6.64. The second kappa shape index (κ2) is 13.7. The summed E-state index contributed by atoms with van der Waals surface area (Å²) in [5, 5.41) is 10.6. The highest BCUT2D eigenvalue weighted by Crippen LogP contribution is 2.48. The topological polar surface area (TPSA) is 96.3 Å². The fraction of sp³-hybridized carbons (Fsp3) is 0.0811. The monoisotopic (exact) mass is 719 g/mol. The van der Waals surface area contributed by atoms with E-state index in [0.717, 1.165) is 22.4 Å². The number of halogens is 3. The highest BCUT2D eigenvalue weighted by molar-refractivity contribution is 7.86. The zero-order valence-electron chi connectivity index (χ0n) is 25.6. The largest absolute Gasteiger partial charge is 0.456 e. The molecule has 2 N–H and O–H groups in total. The normalized spacial score (nSPS) is 15.9. The average Bonchev–Trinajstić information content (AvgIpc) is 3.06. The summed E-state index contributed by atoms with van der Waals surface area (Å²) in [4.78, 5) is 1.71. The molecule has 11 heteroatoms.